The average molecular weight is 276 g/mol. The van der Waals surface area contributed by atoms with Gasteiger partial charge in [0.1, 0.15) is 5.75 Å². The summed E-state index contributed by atoms with van der Waals surface area (Å²) >= 11 is 0. The minimum Gasteiger partial charge on any atom is -0.493 e. The molecule has 0 spiro atoms. The third-order valence-electron chi connectivity index (χ3n) is 4.25. The molecule has 3 nitrogen and oxygen atoms in total. The summed E-state index contributed by atoms with van der Waals surface area (Å²) in [6.07, 6.45) is 3.33. The maximum absolute atomic E-state index is 6.00. The van der Waals surface area contributed by atoms with Gasteiger partial charge in [-0.2, -0.15) is 0 Å². The van der Waals surface area contributed by atoms with Crippen LogP contribution in [-0.2, 0) is 0 Å². The molecule has 1 heterocycles. The van der Waals surface area contributed by atoms with Crippen LogP contribution >= 0.6 is 0 Å². The van der Waals surface area contributed by atoms with Gasteiger partial charge in [0.15, 0.2) is 0 Å². The van der Waals surface area contributed by atoms with Gasteiger partial charge in [-0.25, -0.2) is 0 Å². The Hall–Kier alpha value is -1.06. The number of nitrogens with two attached hydrogens (primary N) is 1. The highest BCUT2D eigenvalue weighted by Crippen LogP contribution is 2.20. The maximum Gasteiger partial charge on any atom is 0.122 e. The molecule has 2 N–H and O–H groups in total. The lowest BCUT2D eigenvalue weighted by atomic mass is 9.99. The highest BCUT2D eigenvalue weighted by Gasteiger charge is 2.22. The Balaban J connectivity index is 1.72. The van der Waals surface area contributed by atoms with Crippen molar-refractivity contribution in [3.63, 3.8) is 0 Å². The first kappa shape index (κ1) is 15.3. The van der Waals surface area contributed by atoms with Crippen molar-refractivity contribution >= 4 is 0 Å². The number of rotatable bonds is 5. The summed E-state index contributed by atoms with van der Waals surface area (Å²) in [5, 5.41) is 0. The van der Waals surface area contributed by atoms with Gasteiger partial charge in [-0.1, -0.05) is 12.1 Å². The largest absolute Gasteiger partial charge is 0.493 e. The van der Waals surface area contributed by atoms with Crippen LogP contribution in [0.25, 0.3) is 0 Å². The molecule has 0 saturated carbocycles. The van der Waals surface area contributed by atoms with Crippen LogP contribution < -0.4 is 10.5 Å². The molecule has 3 heteroatoms. The van der Waals surface area contributed by atoms with E-state index in [2.05, 4.69) is 43.9 Å². The predicted molar refractivity (Wildman–Crippen MR) is 84.3 cm³/mol. The molecule has 1 saturated heterocycles. The molecule has 1 aliphatic rings. The summed E-state index contributed by atoms with van der Waals surface area (Å²) in [5.41, 5.74) is 8.47. The molecule has 2 rings (SSSR count). The van der Waals surface area contributed by atoms with Crippen molar-refractivity contribution in [3.8, 4) is 5.75 Å². The second-order valence-corrected chi connectivity index (χ2v) is 6.14. The highest BCUT2D eigenvalue weighted by atomic mass is 16.5. The third-order valence-corrected chi connectivity index (χ3v) is 4.25. The second-order valence-electron chi connectivity index (χ2n) is 6.14. The molecule has 1 fully saturated rings. The Morgan fingerprint density at radius 2 is 2.15 bits per heavy atom. The second kappa shape index (κ2) is 7.09. The minimum atomic E-state index is 0.396. The van der Waals surface area contributed by atoms with Crippen LogP contribution in [0, 0.1) is 13.8 Å². The zero-order valence-electron chi connectivity index (χ0n) is 13.1. The van der Waals surface area contributed by atoms with Gasteiger partial charge in [0.05, 0.1) is 6.61 Å². The SMILES string of the molecule is Cc1ccc(C)c(OCCCN2CCC(N)CC2C)c1. The Kier molecular flexibility index (Phi) is 5.44. The molecule has 0 bridgehead atoms. The fourth-order valence-corrected chi connectivity index (χ4v) is 2.90. The first-order chi connectivity index (χ1) is 9.56. The number of hydrogen-bond acceptors (Lipinski definition) is 3. The topological polar surface area (TPSA) is 38.5 Å². The average Bonchev–Trinajstić information content (AvgIpc) is 2.40. The van der Waals surface area contributed by atoms with Crippen LogP contribution in [-0.4, -0.2) is 36.7 Å². The smallest absolute Gasteiger partial charge is 0.122 e. The van der Waals surface area contributed by atoms with E-state index >= 15 is 0 Å². The van der Waals surface area contributed by atoms with Crippen LogP contribution in [0.15, 0.2) is 18.2 Å². The van der Waals surface area contributed by atoms with Gasteiger partial charge in [-0.3, -0.25) is 0 Å². The number of piperidine rings is 1. The molecule has 112 valence electrons. The predicted octanol–water partition coefficient (Wildman–Crippen LogP) is 2.88. The summed E-state index contributed by atoms with van der Waals surface area (Å²) in [5.74, 6) is 1.03. The van der Waals surface area contributed by atoms with Crippen LogP contribution in [0.1, 0.15) is 37.3 Å². The molecule has 0 radical (unpaired) electrons. The fraction of sp³-hybridized carbons (Fsp3) is 0.647. The molecule has 20 heavy (non-hydrogen) atoms. The van der Waals surface area contributed by atoms with Crippen molar-refractivity contribution in [2.24, 2.45) is 5.73 Å². The first-order valence-electron chi connectivity index (χ1n) is 7.76. The van der Waals surface area contributed by atoms with Gasteiger partial charge in [-0.05, 0) is 63.8 Å². The molecule has 2 unspecified atom stereocenters. The minimum absolute atomic E-state index is 0.396. The van der Waals surface area contributed by atoms with Gasteiger partial charge in [-0.15, -0.1) is 0 Å². The monoisotopic (exact) mass is 276 g/mol. The normalized spacial score (nSPS) is 23.8. The van der Waals surface area contributed by atoms with E-state index in [1.165, 1.54) is 11.1 Å². The molecule has 1 aromatic rings. The molecule has 2 atom stereocenters. The molecular formula is C17H28N2O. The quantitative estimate of drug-likeness (QED) is 0.840. The standard InChI is InChI=1S/C17H28N2O/c1-13-5-6-14(2)17(11-13)20-10-4-8-19-9-7-16(18)12-15(19)3/h5-6,11,15-16H,4,7-10,12,18H2,1-3H3. The third kappa shape index (κ3) is 4.22. The van der Waals surface area contributed by atoms with Crippen LogP contribution in [0.2, 0.25) is 0 Å². The van der Waals surface area contributed by atoms with Gasteiger partial charge >= 0.3 is 0 Å². The van der Waals surface area contributed by atoms with E-state index < -0.39 is 0 Å². The highest BCUT2D eigenvalue weighted by molar-refractivity contribution is 5.35. The van der Waals surface area contributed by atoms with Crippen LogP contribution in [0.3, 0.4) is 0 Å². The van der Waals surface area contributed by atoms with E-state index in [0.717, 1.165) is 44.7 Å². The number of likely N-dealkylation sites (tertiary alicyclic amines) is 1. The molecule has 0 amide bonds. The molecule has 0 aromatic heterocycles. The Labute approximate surface area is 123 Å². The number of nitrogens with zero attached hydrogens (tertiary/aromatic N) is 1. The fourth-order valence-electron chi connectivity index (χ4n) is 2.90. The van der Waals surface area contributed by atoms with Crippen molar-refractivity contribution in [2.75, 3.05) is 19.7 Å². The van der Waals surface area contributed by atoms with Crippen LogP contribution in [0.4, 0.5) is 0 Å². The van der Waals surface area contributed by atoms with Crippen molar-refractivity contribution < 1.29 is 4.74 Å². The van der Waals surface area contributed by atoms with Crippen molar-refractivity contribution in [1.82, 2.24) is 4.90 Å². The van der Waals surface area contributed by atoms with Crippen molar-refractivity contribution in [3.05, 3.63) is 29.3 Å². The van der Waals surface area contributed by atoms with Gasteiger partial charge in [0, 0.05) is 18.6 Å². The van der Waals surface area contributed by atoms with Gasteiger partial charge in [0.25, 0.3) is 0 Å². The number of aryl methyl sites for hydroxylation is 2. The molecule has 0 aliphatic carbocycles. The summed E-state index contributed by atoms with van der Waals surface area (Å²) in [7, 11) is 0. The zero-order chi connectivity index (χ0) is 14.5. The van der Waals surface area contributed by atoms with E-state index in [4.69, 9.17) is 10.5 Å². The summed E-state index contributed by atoms with van der Waals surface area (Å²) < 4.78 is 5.91. The number of hydrogen-bond donors (Lipinski definition) is 1. The Bertz CT molecular complexity index is 433. The van der Waals surface area contributed by atoms with E-state index in [-0.39, 0.29) is 0 Å². The molecule has 1 aromatic carbocycles. The van der Waals surface area contributed by atoms with Crippen LogP contribution in [0.5, 0.6) is 5.75 Å². The summed E-state index contributed by atoms with van der Waals surface area (Å²) in [4.78, 5) is 2.54. The number of ether oxygens (including phenoxy) is 1. The summed E-state index contributed by atoms with van der Waals surface area (Å²) in [6.45, 7) is 9.52. The Morgan fingerprint density at radius 1 is 1.35 bits per heavy atom. The maximum atomic E-state index is 6.00. The van der Waals surface area contributed by atoms with E-state index in [9.17, 15) is 0 Å². The molecular weight excluding hydrogens is 248 g/mol. The Morgan fingerprint density at radius 3 is 2.90 bits per heavy atom. The van der Waals surface area contributed by atoms with Crippen molar-refractivity contribution in [2.45, 2.75) is 52.1 Å². The van der Waals surface area contributed by atoms with E-state index in [1.54, 1.807) is 0 Å². The summed E-state index contributed by atoms with van der Waals surface area (Å²) in [6, 6.07) is 7.38. The van der Waals surface area contributed by atoms with E-state index in [0.29, 0.717) is 12.1 Å². The lowest BCUT2D eigenvalue weighted by Gasteiger charge is -2.36. The molecule has 1 aliphatic heterocycles. The van der Waals surface area contributed by atoms with Gasteiger partial charge in [0.2, 0.25) is 0 Å². The van der Waals surface area contributed by atoms with E-state index in [1.807, 2.05) is 0 Å². The van der Waals surface area contributed by atoms with Crippen molar-refractivity contribution in [1.29, 1.82) is 0 Å². The van der Waals surface area contributed by atoms with Gasteiger partial charge < -0.3 is 15.4 Å². The number of benzene rings is 1. The first-order valence-corrected chi connectivity index (χ1v) is 7.76. The zero-order valence-corrected chi connectivity index (χ0v) is 13.1. The lowest BCUT2D eigenvalue weighted by Crippen LogP contribution is -2.46. The lowest BCUT2D eigenvalue weighted by molar-refractivity contribution is 0.137.